The third kappa shape index (κ3) is 4.71. The van der Waals surface area contributed by atoms with Crippen molar-refractivity contribution < 1.29 is 9.53 Å². The number of hydrogen-bond acceptors (Lipinski definition) is 7. The van der Waals surface area contributed by atoms with E-state index in [1.807, 2.05) is 6.07 Å². The maximum absolute atomic E-state index is 11.4. The monoisotopic (exact) mass is 402 g/mol. The number of amides is 2. The standard InChI is InChI=1S/C19H26N6O2S/c1-19(2,28-4)14-11-16(25-7-9-27-10-8-25)24-17(22-14)13-5-6-15(21-12-13)23-18(26)20-3/h5-6,11-12H,7-10H2,1-4H3,(H2,20,21,23,26). The number of carbonyl (C=O) groups is 1. The van der Waals surface area contributed by atoms with E-state index in [1.165, 1.54) is 0 Å². The summed E-state index contributed by atoms with van der Waals surface area (Å²) in [6.07, 6.45) is 3.76. The Morgan fingerprint density at radius 2 is 2.00 bits per heavy atom. The second-order valence-corrected chi connectivity index (χ2v) is 8.31. The maximum Gasteiger partial charge on any atom is 0.320 e. The number of hydrogen-bond donors (Lipinski definition) is 2. The first-order chi connectivity index (χ1) is 13.4. The van der Waals surface area contributed by atoms with Crippen LogP contribution in [0.5, 0.6) is 0 Å². The van der Waals surface area contributed by atoms with Gasteiger partial charge in [-0.3, -0.25) is 5.32 Å². The second kappa shape index (κ2) is 8.74. The molecule has 28 heavy (non-hydrogen) atoms. The summed E-state index contributed by atoms with van der Waals surface area (Å²) < 4.78 is 5.32. The molecule has 0 spiro atoms. The van der Waals surface area contributed by atoms with Gasteiger partial charge in [0.25, 0.3) is 0 Å². The van der Waals surface area contributed by atoms with Gasteiger partial charge in [0.2, 0.25) is 0 Å². The van der Waals surface area contributed by atoms with E-state index >= 15 is 0 Å². The summed E-state index contributed by atoms with van der Waals surface area (Å²) in [5.41, 5.74) is 1.77. The first kappa shape index (κ1) is 20.3. The Morgan fingerprint density at radius 1 is 1.25 bits per heavy atom. The molecule has 3 heterocycles. The van der Waals surface area contributed by atoms with Crippen molar-refractivity contribution in [2.75, 3.05) is 49.8 Å². The Kier molecular flexibility index (Phi) is 6.35. The third-order valence-corrected chi connectivity index (χ3v) is 5.89. The molecule has 0 bridgehead atoms. The summed E-state index contributed by atoms with van der Waals surface area (Å²) in [4.78, 5) is 27.6. The number of thioether (sulfide) groups is 1. The lowest BCUT2D eigenvalue weighted by molar-refractivity contribution is 0.122. The van der Waals surface area contributed by atoms with Gasteiger partial charge < -0.3 is 15.0 Å². The van der Waals surface area contributed by atoms with Crippen LogP contribution in [0.2, 0.25) is 0 Å². The van der Waals surface area contributed by atoms with Crippen molar-refractivity contribution in [3.63, 3.8) is 0 Å². The van der Waals surface area contributed by atoms with Gasteiger partial charge in [-0.2, -0.15) is 11.8 Å². The summed E-state index contributed by atoms with van der Waals surface area (Å²) in [6.45, 7) is 7.32. The summed E-state index contributed by atoms with van der Waals surface area (Å²) in [5, 5.41) is 5.15. The van der Waals surface area contributed by atoms with Crippen molar-refractivity contribution in [3.8, 4) is 11.4 Å². The van der Waals surface area contributed by atoms with E-state index in [0.717, 1.165) is 30.2 Å². The average molecular weight is 403 g/mol. The Morgan fingerprint density at radius 3 is 2.61 bits per heavy atom. The predicted molar refractivity (Wildman–Crippen MR) is 113 cm³/mol. The van der Waals surface area contributed by atoms with Crippen LogP contribution in [0.15, 0.2) is 24.4 Å². The third-order valence-electron chi connectivity index (χ3n) is 4.67. The van der Waals surface area contributed by atoms with Crippen LogP contribution in [0.3, 0.4) is 0 Å². The van der Waals surface area contributed by atoms with Crippen LogP contribution in [-0.2, 0) is 9.48 Å². The summed E-state index contributed by atoms with van der Waals surface area (Å²) in [5.74, 6) is 2.00. The summed E-state index contributed by atoms with van der Waals surface area (Å²) in [6, 6.07) is 5.37. The molecule has 1 fully saturated rings. The highest BCUT2D eigenvalue weighted by atomic mass is 32.2. The molecule has 150 valence electrons. The number of morpholine rings is 1. The van der Waals surface area contributed by atoms with E-state index in [4.69, 9.17) is 14.7 Å². The number of carbonyl (C=O) groups excluding carboxylic acids is 1. The van der Waals surface area contributed by atoms with Crippen LogP contribution in [0, 0.1) is 0 Å². The van der Waals surface area contributed by atoms with Gasteiger partial charge in [-0.05, 0) is 32.2 Å². The molecule has 0 atom stereocenters. The van der Waals surface area contributed by atoms with Crippen LogP contribution in [0.1, 0.15) is 19.5 Å². The quantitative estimate of drug-likeness (QED) is 0.794. The van der Waals surface area contributed by atoms with Crippen LogP contribution in [0.25, 0.3) is 11.4 Å². The summed E-state index contributed by atoms with van der Waals surface area (Å²) >= 11 is 1.75. The zero-order valence-corrected chi connectivity index (χ0v) is 17.5. The molecule has 8 nitrogen and oxygen atoms in total. The van der Waals surface area contributed by atoms with Crippen LogP contribution in [-0.4, -0.2) is 60.6 Å². The highest BCUT2D eigenvalue weighted by Crippen LogP contribution is 2.35. The topological polar surface area (TPSA) is 92.3 Å². The van der Waals surface area contributed by atoms with E-state index in [-0.39, 0.29) is 10.8 Å². The zero-order chi connectivity index (χ0) is 20.1. The number of aromatic nitrogens is 3. The Labute approximate surface area is 169 Å². The van der Waals surface area contributed by atoms with Gasteiger partial charge in [-0.15, -0.1) is 0 Å². The number of urea groups is 1. The number of nitrogens with zero attached hydrogens (tertiary/aromatic N) is 4. The van der Waals surface area contributed by atoms with E-state index in [1.54, 1.807) is 31.1 Å². The van der Waals surface area contributed by atoms with Gasteiger partial charge in [0.05, 0.1) is 23.7 Å². The van der Waals surface area contributed by atoms with Gasteiger partial charge in [0, 0.05) is 38.0 Å². The van der Waals surface area contributed by atoms with Crippen molar-refractivity contribution in [1.82, 2.24) is 20.3 Å². The minimum absolute atomic E-state index is 0.146. The molecule has 2 aromatic rings. The molecule has 3 rings (SSSR count). The molecule has 1 aliphatic rings. The van der Waals surface area contributed by atoms with E-state index in [9.17, 15) is 4.79 Å². The molecule has 0 aromatic carbocycles. The zero-order valence-electron chi connectivity index (χ0n) is 16.7. The molecule has 2 aromatic heterocycles. The van der Waals surface area contributed by atoms with Gasteiger partial charge in [0.1, 0.15) is 11.6 Å². The first-order valence-corrected chi connectivity index (χ1v) is 10.4. The maximum atomic E-state index is 11.4. The van der Waals surface area contributed by atoms with Crippen molar-refractivity contribution in [3.05, 3.63) is 30.1 Å². The minimum atomic E-state index is -0.310. The Bertz CT molecular complexity index is 822. The van der Waals surface area contributed by atoms with E-state index in [0.29, 0.717) is 24.9 Å². The molecule has 2 N–H and O–H groups in total. The molecular formula is C19H26N6O2S. The lowest BCUT2D eigenvalue weighted by atomic mass is 10.1. The number of anilines is 2. The van der Waals surface area contributed by atoms with Crippen molar-refractivity contribution in [1.29, 1.82) is 0 Å². The highest BCUT2D eigenvalue weighted by molar-refractivity contribution is 7.99. The van der Waals surface area contributed by atoms with Crippen LogP contribution in [0.4, 0.5) is 16.4 Å². The number of nitrogens with one attached hydrogen (secondary N) is 2. The van der Waals surface area contributed by atoms with Gasteiger partial charge >= 0.3 is 6.03 Å². The second-order valence-electron chi connectivity index (χ2n) is 6.89. The normalized spacial score (nSPS) is 14.6. The van der Waals surface area contributed by atoms with Crippen LogP contribution < -0.4 is 15.5 Å². The van der Waals surface area contributed by atoms with Crippen molar-refractivity contribution in [2.24, 2.45) is 0 Å². The largest absolute Gasteiger partial charge is 0.378 e. The molecule has 1 aliphatic heterocycles. The number of ether oxygens (including phenoxy) is 1. The molecule has 9 heteroatoms. The smallest absolute Gasteiger partial charge is 0.320 e. The molecule has 1 saturated heterocycles. The fraction of sp³-hybridized carbons (Fsp3) is 0.474. The SMILES string of the molecule is CNC(=O)Nc1ccc(-c2nc(N3CCOCC3)cc(C(C)(C)SC)n2)cn1. The first-order valence-electron chi connectivity index (χ1n) is 9.15. The Hall–Kier alpha value is -2.39. The van der Waals surface area contributed by atoms with Gasteiger partial charge in [0.15, 0.2) is 5.82 Å². The highest BCUT2D eigenvalue weighted by Gasteiger charge is 2.25. The molecule has 0 saturated carbocycles. The Balaban J connectivity index is 1.96. The van der Waals surface area contributed by atoms with Crippen molar-refractivity contribution in [2.45, 2.75) is 18.6 Å². The predicted octanol–water partition coefficient (Wildman–Crippen LogP) is 2.72. The fourth-order valence-corrected chi connectivity index (χ4v) is 3.02. The minimum Gasteiger partial charge on any atom is -0.378 e. The van der Waals surface area contributed by atoms with Crippen LogP contribution >= 0.6 is 11.8 Å². The average Bonchev–Trinajstić information content (AvgIpc) is 2.74. The molecule has 2 amide bonds. The lowest BCUT2D eigenvalue weighted by Crippen LogP contribution is -2.37. The van der Waals surface area contributed by atoms with Gasteiger partial charge in [-0.1, -0.05) is 0 Å². The summed E-state index contributed by atoms with van der Waals surface area (Å²) in [7, 11) is 1.56. The van der Waals surface area contributed by atoms with E-state index in [2.05, 4.69) is 46.7 Å². The molecular weight excluding hydrogens is 376 g/mol. The van der Waals surface area contributed by atoms with Gasteiger partial charge in [-0.25, -0.2) is 19.7 Å². The molecule has 0 radical (unpaired) electrons. The number of rotatable bonds is 5. The molecule has 0 aliphatic carbocycles. The number of pyridine rings is 1. The lowest BCUT2D eigenvalue weighted by Gasteiger charge is -2.30. The van der Waals surface area contributed by atoms with Crippen molar-refractivity contribution >= 4 is 29.4 Å². The molecule has 0 unspecified atom stereocenters. The fourth-order valence-electron chi connectivity index (χ4n) is 2.71. The van der Waals surface area contributed by atoms with E-state index < -0.39 is 0 Å².